The molecule has 1 fully saturated rings. The Kier molecular flexibility index (Phi) is 6.09. The number of rotatable bonds is 5. The van der Waals surface area contributed by atoms with Gasteiger partial charge in [-0.1, -0.05) is 30.3 Å². The van der Waals surface area contributed by atoms with Crippen LogP contribution in [-0.4, -0.2) is 38.7 Å². The zero-order chi connectivity index (χ0) is 18.0. The third kappa shape index (κ3) is 5.04. The van der Waals surface area contributed by atoms with Gasteiger partial charge in [0.25, 0.3) is 0 Å². The number of nitrogens with one attached hydrogen (secondary N) is 1. The van der Waals surface area contributed by atoms with E-state index in [1.54, 1.807) is 20.8 Å². The molecule has 24 heavy (non-hydrogen) atoms. The first-order valence-electron chi connectivity index (χ1n) is 8.12. The Balaban J connectivity index is 2.17. The molecule has 1 aliphatic rings. The van der Waals surface area contributed by atoms with Crippen molar-refractivity contribution in [2.24, 2.45) is 0 Å². The van der Waals surface area contributed by atoms with Crippen LogP contribution in [0.25, 0.3) is 0 Å². The second-order valence-electron chi connectivity index (χ2n) is 7.18. The molecule has 0 saturated carbocycles. The van der Waals surface area contributed by atoms with E-state index < -0.39 is 34.0 Å². The second-order valence-corrected chi connectivity index (χ2v) is 9.18. The van der Waals surface area contributed by atoms with Crippen LogP contribution in [0.2, 0.25) is 0 Å². The molecular formula is C17H25F3N2OS. The van der Waals surface area contributed by atoms with Gasteiger partial charge in [-0.05, 0) is 45.7 Å². The summed E-state index contributed by atoms with van der Waals surface area (Å²) >= 11 is 0. The van der Waals surface area contributed by atoms with Crippen LogP contribution in [0.4, 0.5) is 13.2 Å². The number of nitrogens with zero attached hydrogens (tertiary/aromatic N) is 1. The first-order valence-corrected chi connectivity index (χ1v) is 9.27. The quantitative estimate of drug-likeness (QED) is 0.867. The summed E-state index contributed by atoms with van der Waals surface area (Å²) in [6.07, 6.45) is -3.27. The molecular weight excluding hydrogens is 337 g/mol. The number of halogens is 3. The summed E-state index contributed by atoms with van der Waals surface area (Å²) in [5.41, 5.74) is 0.988. The average Bonchev–Trinajstić information content (AvgIpc) is 2.91. The van der Waals surface area contributed by atoms with Gasteiger partial charge in [-0.3, -0.25) is 4.90 Å². The van der Waals surface area contributed by atoms with Gasteiger partial charge in [0.2, 0.25) is 0 Å². The Labute approximate surface area is 144 Å². The lowest BCUT2D eigenvalue weighted by atomic mass is 10.1. The lowest BCUT2D eigenvalue weighted by Gasteiger charge is -2.34. The van der Waals surface area contributed by atoms with Crippen LogP contribution in [0.3, 0.4) is 0 Å². The van der Waals surface area contributed by atoms with E-state index in [1.807, 2.05) is 35.2 Å². The van der Waals surface area contributed by atoms with Crippen LogP contribution in [0.5, 0.6) is 0 Å². The summed E-state index contributed by atoms with van der Waals surface area (Å²) in [6.45, 7) is 6.09. The molecule has 0 bridgehead atoms. The molecule has 0 aromatic heterocycles. The van der Waals surface area contributed by atoms with Gasteiger partial charge in [0, 0.05) is 12.6 Å². The minimum absolute atomic E-state index is 0.450. The molecule has 1 N–H and O–H groups in total. The molecule has 1 aliphatic heterocycles. The highest BCUT2D eigenvalue weighted by Gasteiger charge is 2.49. The average molecular weight is 362 g/mol. The van der Waals surface area contributed by atoms with Crippen LogP contribution >= 0.6 is 0 Å². The molecule has 0 radical (unpaired) electrons. The Morgan fingerprint density at radius 1 is 1.25 bits per heavy atom. The summed E-state index contributed by atoms with van der Waals surface area (Å²) in [6, 6.07) is 7.00. The highest BCUT2D eigenvalue weighted by molar-refractivity contribution is 7.84. The first kappa shape index (κ1) is 19.4. The zero-order valence-corrected chi connectivity index (χ0v) is 15.1. The van der Waals surface area contributed by atoms with E-state index >= 15 is 0 Å². The summed E-state index contributed by atoms with van der Waals surface area (Å²) in [7, 11) is -1.77. The van der Waals surface area contributed by atoms with Gasteiger partial charge in [0.05, 0.1) is 15.7 Å². The van der Waals surface area contributed by atoms with Crippen molar-refractivity contribution in [3.8, 4) is 0 Å². The minimum Gasteiger partial charge on any atom is -0.294 e. The topological polar surface area (TPSA) is 32.3 Å². The molecule has 1 unspecified atom stereocenters. The Hall–Kier alpha value is -0.920. The molecule has 136 valence electrons. The number of likely N-dealkylation sites (tertiary alicyclic amines) is 1. The van der Waals surface area contributed by atoms with Crippen molar-refractivity contribution in [1.29, 1.82) is 0 Å². The van der Waals surface area contributed by atoms with Crippen molar-refractivity contribution in [2.45, 2.75) is 63.2 Å². The summed E-state index contributed by atoms with van der Waals surface area (Å²) < 4.78 is 54.7. The number of benzene rings is 1. The molecule has 1 heterocycles. The molecule has 0 aliphatic carbocycles. The number of alkyl halides is 3. The molecule has 3 atom stereocenters. The maximum absolute atomic E-state index is 13.6. The Bertz CT molecular complexity index is 557. The van der Waals surface area contributed by atoms with Gasteiger partial charge in [0.15, 0.2) is 0 Å². The van der Waals surface area contributed by atoms with E-state index in [4.69, 9.17) is 0 Å². The fourth-order valence-corrected chi connectivity index (χ4v) is 3.77. The van der Waals surface area contributed by atoms with Crippen molar-refractivity contribution >= 4 is 11.0 Å². The maximum atomic E-state index is 13.6. The van der Waals surface area contributed by atoms with E-state index in [-0.39, 0.29) is 0 Å². The lowest BCUT2D eigenvalue weighted by molar-refractivity contribution is -0.164. The number of hydrogen-bond donors (Lipinski definition) is 1. The van der Waals surface area contributed by atoms with Crippen molar-refractivity contribution in [3.05, 3.63) is 35.9 Å². The standard InChI is InChI=1S/C17H25F3N2OS/c1-16(2,3)24(23)21-15(17(18,19)20)14-10-7-11-22(14)12-13-8-5-4-6-9-13/h4-6,8-9,14-15,21H,7,10-12H2,1-3H3/t14-,15+,24?/m0/s1. The third-order valence-electron chi connectivity index (χ3n) is 4.17. The van der Waals surface area contributed by atoms with Crippen molar-refractivity contribution < 1.29 is 17.4 Å². The van der Waals surface area contributed by atoms with Gasteiger partial charge in [-0.15, -0.1) is 0 Å². The lowest BCUT2D eigenvalue weighted by Crippen LogP contribution is -2.57. The van der Waals surface area contributed by atoms with Crippen molar-refractivity contribution in [1.82, 2.24) is 9.62 Å². The monoisotopic (exact) mass is 362 g/mol. The van der Waals surface area contributed by atoms with Crippen LogP contribution < -0.4 is 4.72 Å². The summed E-state index contributed by atoms with van der Waals surface area (Å²) in [5.74, 6) is 0. The van der Waals surface area contributed by atoms with E-state index in [1.165, 1.54) is 0 Å². The largest absolute Gasteiger partial charge is 0.406 e. The van der Waals surface area contributed by atoms with E-state index in [2.05, 4.69) is 4.72 Å². The molecule has 1 saturated heterocycles. The Morgan fingerprint density at radius 3 is 2.42 bits per heavy atom. The molecule has 1 aromatic carbocycles. The van der Waals surface area contributed by atoms with Crippen LogP contribution in [0.1, 0.15) is 39.2 Å². The van der Waals surface area contributed by atoms with Crippen molar-refractivity contribution in [3.63, 3.8) is 0 Å². The SMILES string of the molecule is CC(C)(C)S(=O)N[C@H]([C@@H]1CCCN1Cc1ccccc1)C(F)(F)F. The summed E-state index contributed by atoms with van der Waals surface area (Å²) in [5, 5.41) is 0. The molecule has 1 aromatic rings. The number of hydrogen-bond acceptors (Lipinski definition) is 2. The molecule has 7 heteroatoms. The molecule has 0 spiro atoms. The van der Waals surface area contributed by atoms with E-state index in [9.17, 15) is 17.4 Å². The predicted molar refractivity (Wildman–Crippen MR) is 90.7 cm³/mol. The zero-order valence-electron chi connectivity index (χ0n) is 14.3. The normalized spacial score (nSPS) is 22.5. The molecule has 3 nitrogen and oxygen atoms in total. The first-order chi connectivity index (χ1) is 11.1. The minimum atomic E-state index is -4.44. The highest BCUT2D eigenvalue weighted by Crippen LogP contribution is 2.32. The summed E-state index contributed by atoms with van der Waals surface area (Å²) in [4.78, 5) is 1.85. The van der Waals surface area contributed by atoms with Gasteiger partial charge in [-0.2, -0.15) is 13.2 Å². The van der Waals surface area contributed by atoms with Gasteiger partial charge in [0.1, 0.15) is 6.04 Å². The maximum Gasteiger partial charge on any atom is 0.406 e. The van der Waals surface area contributed by atoms with Crippen LogP contribution in [-0.2, 0) is 17.5 Å². The van der Waals surface area contributed by atoms with E-state index in [0.717, 1.165) is 5.56 Å². The Morgan fingerprint density at radius 2 is 1.88 bits per heavy atom. The fourth-order valence-electron chi connectivity index (χ4n) is 2.90. The molecule has 0 amide bonds. The fraction of sp³-hybridized carbons (Fsp3) is 0.647. The van der Waals surface area contributed by atoms with E-state index in [0.29, 0.717) is 25.9 Å². The third-order valence-corrected chi connectivity index (χ3v) is 5.75. The van der Waals surface area contributed by atoms with Gasteiger partial charge >= 0.3 is 6.18 Å². The van der Waals surface area contributed by atoms with Gasteiger partial charge < -0.3 is 0 Å². The van der Waals surface area contributed by atoms with Crippen LogP contribution in [0, 0.1) is 0 Å². The second kappa shape index (κ2) is 7.54. The predicted octanol–water partition coefficient (Wildman–Crippen LogP) is 3.63. The smallest absolute Gasteiger partial charge is 0.294 e. The van der Waals surface area contributed by atoms with Crippen LogP contribution in [0.15, 0.2) is 30.3 Å². The van der Waals surface area contributed by atoms with Gasteiger partial charge in [-0.25, -0.2) is 8.93 Å². The van der Waals surface area contributed by atoms with Crippen molar-refractivity contribution in [2.75, 3.05) is 6.54 Å². The molecule has 2 rings (SSSR count). The highest BCUT2D eigenvalue weighted by atomic mass is 32.2.